The van der Waals surface area contributed by atoms with E-state index >= 15 is 0 Å². The van der Waals surface area contributed by atoms with Crippen LogP contribution >= 0.6 is 0 Å². The van der Waals surface area contributed by atoms with Gasteiger partial charge in [-0.05, 0) is 56.5 Å². The predicted molar refractivity (Wildman–Crippen MR) is 117 cm³/mol. The van der Waals surface area contributed by atoms with Crippen LogP contribution < -0.4 is 10.1 Å². The van der Waals surface area contributed by atoms with Crippen molar-refractivity contribution in [1.29, 1.82) is 0 Å². The number of ether oxygens (including phenoxy) is 2. The van der Waals surface area contributed by atoms with Crippen LogP contribution in [0.1, 0.15) is 44.1 Å². The molecule has 0 saturated carbocycles. The molecule has 1 amide bonds. The van der Waals surface area contributed by atoms with Crippen molar-refractivity contribution in [3.8, 4) is 5.75 Å². The largest absolute Gasteiger partial charge is 0.497 e. The van der Waals surface area contributed by atoms with Crippen molar-refractivity contribution < 1.29 is 14.3 Å². The molecule has 6 nitrogen and oxygen atoms in total. The van der Waals surface area contributed by atoms with E-state index in [2.05, 4.69) is 29.8 Å². The van der Waals surface area contributed by atoms with E-state index in [4.69, 9.17) is 14.5 Å². The summed E-state index contributed by atoms with van der Waals surface area (Å²) in [5, 5.41) is 3.18. The first-order valence-electron chi connectivity index (χ1n) is 10.5. The molecule has 6 heteroatoms. The number of benzene rings is 2. The van der Waals surface area contributed by atoms with Crippen LogP contribution in [0.25, 0.3) is 11.0 Å². The Morgan fingerprint density at radius 2 is 1.87 bits per heavy atom. The molecule has 2 aromatic carbocycles. The number of aromatic nitrogens is 2. The van der Waals surface area contributed by atoms with Gasteiger partial charge >= 0.3 is 0 Å². The number of hydrogen-bond acceptors (Lipinski definition) is 4. The average molecular weight is 408 g/mol. The van der Waals surface area contributed by atoms with Crippen molar-refractivity contribution in [1.82, 2.24) is 14.9 Å². The van der Waals surface area contributed by atoms with E-state index in [1.165, 1.54) is 0 Å². The topological polar surface area (TPSA) is 65.4 Å². The number of nitrogens with zero attached hydrogens (tertiary/aromatic N) is 2. The van der Waals surface area contributed by atoms with Gasteiger partial charge in [-0.25, -0.2) is 4.98 Å². The molecule has 0 unspecified atom stereocenters. The zero-order valence-corrected chi connectivity index (χ0v) is 17.9. The van der Waals surface area contributed by atoms with Gasteiger partial charge in [0.25, 0.3) is 0 Å². The third-order valence-corrected chi connectivity index (χ3v) is 6.02. The number of nitrogens with one attached hydrogen (secondary N) is 1. The van der Waals surface area contributed by atoms with E-state index < -0.39 is 5.41 Å². The molecule has 4 rings (SSSR count). The highest BCUT2D eigenvalue weighted by Crippen LogP contribution is 2.36. The minimum Gasteiger partial charge on any atom is -0.497 e. The van der Waals surface area contributed by atoms with Gasteiger partial charge in [0.2, 0.25) is 5.91 Å². The molecule has 0 radical (unpaired) electrons. The Hall–Kier alpha value is -2.86. The molecule has 0 aliphatic carbocycles. The Morgan fingerprint density at radius 3 is 2.53 bits per heavy atom. The van der Waals surface area contributed by atoms with E-state index in [1.807, 2.05) is 42.5 Å². The minimum atomic E-state index is -0.598. The van der Waals surface area contributed by atoms with Crippen molar-refractivity contribution in [2.24, 2.45) is 0 Å². The highest BCUT2D eigenvalue weighted by Gasteiger charge is 2.41. The average Bonchev–Trinajstić information content (AvgIpc) is 3.16. The summed E-state index contributed by atoms with van der Waals surface area (Å²) in [6.45, 7) is 5.81. The molecule has 0 spiro atoms. The second-order valence-electron chi connectivity index (χ2n) is 8.09. The molecule has 0 atom stereocenters. The van der Waals surface area contributed by atoms with Gasteiger partial charge in [-0.1, -0.05) is 24.3 Å². The summed E-state index contributed by atoms with van der Waals surface area (Å²) >= 11 is 0. The number of para-hydroxylation sites is 2. The molecule has 1 aliphatic heterocycles. The molecular formula is C24H29N3O3. The highest BCUT2D eigenvalue weighted by molar-refractivity contribution is 5.88. The smallest absolute Gasteiger partial charge is 0.231 e. The number of methoxy groups -OCH3 is 1. The molecule has 1 aliphatic rings. The lowest BCUT2D eigenvalue weighted by molar-refractivity contribution is -0.130. The van der Waals surface area contributed by atoms with Crippen LogP contribution in [0.2, 0.25) is 0 Å². The van der Waals surface area contributed by atoms with Crippen molar-refractivity contribution >= 4 is 16.9 Å². The van der Waals surface area contributed by atoms with Gasteiger partial charge in [0.05, 0.1) is 30.1 Å². The van der Waals surface area contributed by atoms with E-state index in [0.717, 1.165) is 28.2 Å². The fourth-order valence-electron chi connectivity index (χ4n) is 4.40. The fourth-order valence-corrected chi connectivity index (χ4v) is 4.40. The summed E-state index contributed by atoms with van der Waals surface area (Å²) in [5.74, 6) is 1.68. The van der Waals surface area contributed by atoms with Gasteiger partial charge in [0.1, 0.15) is 11.6 Å². The first-order valence-corrected chi connectivity index (χ1v) is 10.5. The number of hydrogen-bond donors (Lipinski definition) is 1. The van der Waals surface area contributed by atoms with Crippen LogP contribution in [-0.2, 0) is 21.5 Å². The Balaban J connectivity index is 1.61. The van der Waals surface area contributed by atoms with Gasteiger partial charge in [0, 0.05) is 19.3 Å². The monoisotopic (exact) mass is 407 g/mol. The Labute approximate surface area is 177 Å². The third-order valence-electron chi connectivity index (χ3n) is 6.02. The lowest BCUT2D eigenvalue weighted by Crippen LogP contribution is -2.48. The molecule has 30 heavy (non-hydrogen) atoms. The first-order chi connectivity index (χ1) is 14.5. The molecule has 0 bridgehead atoms. The Morgan fingerprint density at radius 1 is 1.17 bits per heavy atom. The standard InChI is InChI=1S/C24H29N3O3/c1-17(2)27-21-7-5-4-6-20(21)26-22(27)16-25-23(28)24(12-14-30-15-13-24)18-8-10-19(29-3)11-9-18/h4-11,17H,12-16H2,1-3H3,(H,25,28). The number of carbonyl (C=O) groups excluding carboxylic acids is 1. The van der Waals surface area contributed by atoms with Crippen LogP contribution in [0.3, 0.4) is 0 Å². The Bertz CT molecular complexity index is 1020. The van der Waals surface area contributed by atoms with E-state index in [1.54, 1.807) is 7.11 Å². The van der Waals surface area contributed by atoms with Crippen LogP contribution in [-0.4, -0.2) is 35.8 Å². The summed E-state index contributed by atoms with van der Waals surface area (Å²) in [6.07, 6.45) is 1.32. The molecule has 1 aromatic heterocycles. The number of fused-ring (bicyclic) bond motifs is 1. The molecule has 158 valence electrons. The van der Waals surface area contributed by atoms with Crippen molar-refractivity contribution in [3.63, 3.8) is 0 Å². The molecule has 1 N–H and O–H groups in total. The van der Waals surface area contributed by atoms with Crippen molar-refractivity contribution in [2.45, 2.75) is 44.7 Å². The van der Waals surface area contributed by atoms with Crippen LogP contribution in [0.15, 0.2) is 48.5 Å². The summed E-state index contributed by atoms with van der Waals surface area (Å²) in [7, 11) is 1.65. The zero-order chi connectivity index (χ0) is 21.1. The van der Waals surface area contributed by atoms with Gasteiger partial charge < -0.3 is 19.4 Å². The van der Waals surface area contributed by atoms with Gasteiger partial charge in [-0.2, -0.15) is 0 Å². The second kappa shape index (κ2) is 8.48. The minimum absolute atomic E-state index is 0.0262. The predicted octanol–water partition coefficient (Wildman–Crippen LogP) is 3.99. The summed E-state index contributed by atoms with van der Waals surface area (Å²) in [5.41, 5.74) is 2.44. The SMILES string of the molecule is COc1ccc(C2(C(=O)NCc3nc4ccccc4n3C(C)C)CCOCC2)cc1. The van der Waals surface area contributed by atoms with Crippen molar-refractivity contribution in [2.75, 3.05) is 20.3 Å². The maximum atomic E-state index is 13.5. The maximum absolute atomic E-state index is 13.5. The third kappa shape index (κ3) is 3.67. The van der Waals surface area contributed by atoms with Gasteiger partial charge in [0.15, 0.2) is 0 Å². The van der Waals surface area contributed by atoms with E-state index in [-0.39, 0.29) is 11.9 Å². The lowest BCUT2D eigenvalue weighted by Gasteiger charge is -2.36. The van der Waals surface area contributed by atoms with Crippen LogP contribution in [0.5, 0.6) is 5.75 Å². The first kappa shape index (κ1) is 20.4. The summed E-state index contributed by atoms with van der Waals surface area (Å²) in [4.78, 5) is 18.3. The normalized spacial score (nSPS) is 16.0. The number of carbonyl (C=O) groups is 1. The number of imidazole rings is 1. The quantitative estimate of drug-likeness (QED) is 0.671. The molecule has 1 saturated heterocycles. The molecule has 2 heterocycles. The Kier molecular flexibility index (Phi) is 5.77. The molecule has 3 aromatic rings. The summed E-state index contributed by atoms with van der Waals surface area (Å²) < 4.78 is 13.1. The van der Waals surface area contributed by atoms with E-state index in [9.17, 15) is 4.79 Å². The molecular weight excluding hydrogens is 378 g/mol. The summed E-state index contributed by atoms with van der Waals surface area (Å²) in [6, 6.07) is 16.2. The second-order valence-corrected chi connectivity index (χ2v) is 8.09. The van der Waals surface area contributed by atoms with Gasteiger partial charge in [-0.15, -0.1) is 0 Å². The van der Waals surface area contributed by atoms with Crippen LogP contribution in [0, 0.1) is 0 Å². The fraction of sp³-hybridized carbons (Fsp3) is 0.417. The van der Waals surface area contributed by atoms with Crippen molar-refractivity contribution in [3.05, 3.63) is 59.9 Å². The van der Waals surface area contributed by atoms with Gasteiger partial charge in [-0.3, -0.25) is 4.79 Å². The number of rotatable bonds is 6. The lowest BCUT2D eigenvalue weighted by atomic mass is 9.73. The zero-order valence-electron chi connectivity index (χ0n) is 17.9. The maximum Gasteiger partial charge on any atom is 0.231 e. The van der Waals surface area contributed by atoms with E-state index in [0.29, 0.717) is 32.6 Å². The van der Waals surface area contributed by atoms with Crippen LogP contribution in [0.4, 0.5) is 0 Å². The molecule has 1 fully saturated rings. The number of amides is 1. The highest BCUT2D eigenvalue weighted by atomic mass is 16.5.